The van der Waals surface area contributed by atoms with Crippen molar-refractivity contribution >= 4 is 72.6 Å². The van der Waals surface area contributed by atoms with Crippen LogP contribution in [0, 0.1) is 0 Å². The smallest absolute Gasteiger partial charge is 0.188 e. The molecule has 0 saturated heterocycles. The summed E-state index contributed by atoms with van der Waals surface area (Å²) in [6.45, 7) is 4.67. The molecule has 15 rings (SSSR count). The molecule has 1 atom stereocenters. The second-order valence-electron chi connectivity index (χ2n) is 20.3. The first-order valence-electron chi connectivity index (χ1n) is 25.3. The van der Waals surface area contributed by atoms with Crippen molar-refractivity contribution < 1.29 is 9.15 Å². The number of aromatic nitrogens is 1. The molecular weight excluding hydrogens is 903 g/mol. The summed E-state index contributed by atoms with van der Waals surface area (Å²) in [4.78, 5) is 0. The van der Waals surface area contributed by atoms with Crippen LogP contribution < -0.4 is 25.5 Å². The monoisotopic (exact) mass is 949 g/mol. The second-order valence-corrected chi connectivity index (χ2v) is 24.1. The number of furan rings is 1. The third-order valence-electron chi connectivity index (χ3n) is 16.2. The summed E-state index contributed by atoms with van der Waals surface area (Å²) in [7, 11) is -3.12. The summed E-state index contributed by atoms with van der Waals surface area (Å²) in [5.74, 6) is 1.78. The molecule has 344 valence electrons. The Balaban J connectivity index is 0.878. The third kappa shape index (κ3) is 6.11. The van der Waals surface area contributed by atoms with Gasteiger partial charge in [-0.1, -0.05) is 214 Å². The molecule has 0 spiro atoms. The van der Waals surface area contributed by atoms with Gasteiger partial charge in [0.25, 0.3) is 0 Å². The van der Waals surface area contributed by atoms with Gasteiger partial charge in [-0.05, 0) is 119 Å². The molecule has 2 aromatic heterocycles. The lowest BCUT2D eigenvalue weighted by Gasteiger charge is -2.39. The Morgan fingerprint density at radius 1 is 0.356 bits per heavy atom. The molecule has 0 N–H and O–H groups in total. The highest BCUT2D eigenvalue weighted by atomic mass is 28.3. The van der Waals surface area contributed by atoms with E-state index >= 15 is 0 Å². The van der Waals surface area contributed by atoms with Crippen LogP contribution in [0.25, 0.3) is 93.9 Å². The number of fused-ring (bicyclic) bond motifs is 11. The van der Waals surface area contributed by atoms with Gasteiger partial charge in [0, 0.05) is 32.5 Å². The lowest BCUT2D eigenvalue weighted by Crippen LogP contribution is -2.76. The van der Waals surface area contributed by atoms with Crippen molar-refractivity contribution in [1.29, 1.82) is 0 Å². The molecular formula is C69H47NO2Si. The van der Waals surface area contributed by atoms with Gasteiger partial charge in [-0.2, -0.15) is 0 Å². The van der Waals surface area contributed by atoms with Crippen molar-refractivity contribution in [3.05, 3.63) is 260 Å². The van der Waals surface area contributed by atoms with Gasteiger partial charge < -0.3 is 13.7 Å². The van der Waals surface area contributed by atoms with Gasteiger partial charge in [0.15, 0.2) is 8.07 Å². The van der Waals surface area contributed by atoms with Gasteiger partial charge in [0.2, 0.25) is 0 Å². The number of hydrogen-bond donors (Lipinski definition) is 0. The first-order chi connectivity index (χ1) is 35.9. The van der Waals surface area contributed by atoms with E-state index in [4.69, 9.17) is 9.15 Å². The van der Waals surface area contributed by atoms with Crippen molar-refractivity contribution in [2.75, 3.05) is 0 Å². The topological polar surface area (TPSA) is 27.3 Å². The Bertz CT molecular complexity index is 4330. The Kier molecular flexibility index (Phi) is 9.03. The van der Waals surface area contributed by atoms with Crippen LogP contribution in [0.5, 0.6) is 11.5 Å². The van der Waals surface area contributed by atoms with E-state index in [1.54, 1.807) is 0 Å². The maximum Gasteiger partial charge on any atom is 0.188 e. The van der Waals surface area contributed by atoms with E-state index in [0.717, 1.165) is 55.8 Å². The third-order valence-corrected chi connectivity index (χ3v) is 21.0. The Morgan fingerprint density at radius 3 is 1.68 bits per heavy atom. The quantitative estimate of drug-likeness (QED) is 0.155. The number of ether oxygens (including phenoxy) is 1. The van der Waals surface area contributed by atoms with E-state index in [1.165, 1.54) is 81.5 Å². The molecule has 1 aliphatic heterocycles. The average molecular weight is 950 g/mol. The first-order valence-corrected chi connectivity index (χ1v) is 27.3. The molecule has 0 bridgehead atoms. The largest absolute Gasteiger partial charge is 0.458 e. The van der Waals surface area contributed by atoms with Crippen LogP contribution in [0.1, 0.15) is 25.0 Å². The highest BCUT2D eigenvalue weighted by molar-refractivity contribution is 7.20. The van der Waals surface area contributed by atoms with Gasteiger partial charge in [0.05, 0.1) is 16.7 Å². The van der Waals surface area contributed by atoms with Crippen LogP contribution in [0.15, 0.2) is 253 Å². The molecule has 3 heterocycles. The summed E-state index contributed by atoms with van der Waals surface area (Å²) in [5, 5.41) is 9.69. The fraction of sp³-hybridized carbons (Fsp3) is 0.0435. The molecule has 13 aromatic rings. The first kappa shape index (κ1) is 41.8. The predicted molar refractivity (Wildman–Crippen MR) is 306 cm³/mol. The lowest BCUT2D eigenvalue weighted by molar-refractivity contribution is 0.487. The van der Waals surface area contributed by atoms with E-state index in [1.807, 2.05) is 6.07 Å². The van der Waals surface area contributed by atoms with Gasteiger partial charge >= 0.3 is 0 Å². The van der Waals surface area contributed by atoms with Crippen molar-refractivity contribution in [3.63, 3.8) is 0 Å². The maximum absolute atomic E-state index is 7.08. The highest BCUT2D eigenvalue weighted by Crippen LogP contribution is 2.49. The van der Waals surface area contributed by atoms with Crippen molar-refractivity contribution in [2.45, 2.75) is 19.3 Å². The fourth-order valence-electron chi connectivity index (χ4n) is 12.7. The minimum Gasteiger partial charge on any atom is -0.458 e. The fourth-order valence-corrected chi connectivity index (χ4v) is 17.6. The summed E-state index contributed by atoms with van der Waals surface area (Å²) in [6.07, 6.45) is 0. The van der Waals surface area contributed by atoms with E-state index in [2.05, 4.69) is 261 Å². The van der Waals surface area contributed by atoms with Crippen LogP contribution in [0.3, 0.4) is 0 Å². The molecule has 1 aliphatic carbocycles. The minimum absolute atomic E-state index is 0.0190. The van der Waals surface area contributed by atoms with Gasteiger partial charge in [-0.15, -0.1) is 0 Å². The zero-order chi connectivity index (χ0) is 48.4. The van der Waals surface area contributed by atoms with Crippen molar-refractivity contribution in [2.24, 2.45) is 0 Å². The number of hydrogen-bond acceptors (Lipinski definition) is 2. The molecule has 2 aliphatic rings. The van der Waals surface area contributed by atoms with Gasteiger partial charge in [-0.3, -0.25) is 0 Å². The summed E-state index contributed by atoms with van der Waals surface area (Å²) >= 11 is 0. The van der Waals surface area contributed by atoms with E-state index in [-0.39, 0.29) is 5.41 Å². The van der Waals surface area contributed by atoms with Crippen LogP contribution >= 0.6 is 0 Å². The zero-order valence-corrected chi connectivity index (χ0v) is 41.4. The molecule has 11 aromatic carbocycles. The average Bonchev–Trinajstić information content (AvgIpc) is 4.09. The number of para-hydroxylation sites is 5. The Morgan fingerprint density at radius 2 is 0.904 bits per heavy atom. The summed E-state index contributed by atoms with van der Waals surface area (Å²) in [6, 6.07) is 91.6. The SMILES string of the molecule is CC1(C)c2ccccc2-c2cc(-c3ccc(-c4ccc5c(c4)Oc4ccccc4[Si]5(c4ccc(-c5ccccc5-n5c6ccccc6c6ccccc65)cc4)c4ccc5c(c4)oc4ccccc45)cc3)ccc21. The molecule has 73 heavy (non-hydrogen) atoms. The predicted octanol–water partition coefficient (Wildman–Crippen LogP) is 15.5. The maximum atomic E-state index is 7.08. The van der Waals surface area contributed by atoms with Gasteiger partial charge in [-0.25, -0.2) is 0 Å². The molecule has 0 radical (unpaired) electrons. The standard InChI is InChI=1S/C69H47NO2Si/c1-69(2)58-20-8-3-16-52(58)57-41-47(33-39-59(57)69)44-27-29-45(30-28-44)48-34-40-68-66(42-48)72-64-25-13-14-26-67(64)73(68,50-37-38-56-55-19-7-12-24-63(55)71-65(56)43-50)49-35-31-46(32-36-49)51-15-4-9-21-60(51)70-61-22-10-5-17-53(61)54-18-6-11-23-62(54)70/h3-43H,1-2H3. The molecule has 0 saturated carbocycles. The number of benzene rings is 11. The lowest BCUT2D eigenvalue weighted by atomic mass is 9.82. The highest BCUT2D eigenvalue weighted by Gasteiger charge is 2.48. The van der Waals surface area contributed by atoms with E-state index in [0.29, 0.717) is 0 Å². The van der Waals surface area contributed by atoms with Crippen LogP contribution in [-0.2, 0) is 5.41 Å². The van der Waals surface area contributed by atoms with Gasteiger partial charge in [0.1, 0.15) is 22.7 Å². The molecule has 4 heteroatoms. The number of rotatable bonds is 6. The summed E-state index contributed by atoms with van der Waals surface area (Å²) in [5.41, 5.74) is 17.8. The van der Waals surface area contributed by atoms with Crippen LogP contribution in [-0.4, -0.2) is 12.6 Å². The minimum atomic E-state index is -3.12. The van der Waals surface area contributed by atoms with Crippen LogP contribution in [0.2, 0.25) is 0 Å². The molecule has 0 amide bonds. The molecule has 0 fully saturated rings. The number of nitrogens with zero attached hydrogens (tertiary/aromatic N) is 1. The molecule has 3 nitrogen and oxygen atoms in total. The van der Waals surface area contributed by atoms with E-state index < -0.39 is 8.07 Å². The molecule has 1 unspecified atom stereocenters. The Hall–Kier alpha value is -8.96. The zero-order valence-electron chi connectivity index (χ0n) is 40.4. The Labute approximate surface area is 424 Å². The van der Waals surface area contributed by atoms with Crippen LogP contribution in [0.4, 0.5) is 0 Å². The normalized spacial score (nSPS) is 15.3. The van der Waals surface area contributed by atoms with Crippen molar-refractivity contribution in [3.8, 4) is 61.7 Å². The van der Waals surface area contributed by atoms with E-state index in [9.17, 15) is 0 Å². The second kappa shape index (κ2) is 15.8. The van der Waals surface area contributed by atoms with Crippen molar-refractivity contribution in [1.82, 2.24) is 4.57 Å². The summed E-state index contributed by atoms with van der Waals surface area (Å²) < 4.78 is 16.2.